The second-order valence-electron chi connectivity index (χ2n) is 5.57. The predicted octanol–water partition coefficient (Wildman–Crippen LogP) is 4.74. The topological polar surface area (TPSA) is 30.1 Å². The number of aromatic nitrogens is 1. The first kappa shape index (κ1) is 11.7. The van der Waals surface area contributed by atoms with Crippen LogP contribution in [0, 0.1) is 0 Å². The Morgan fingerprint density at radius 2 is 1.77 bits per heavy atom. The third-order valence-corrected chi connectivity index (χ3v) is 4.31. The van der Waals surface area contributed by atoms with Crippen molar-refractivity contribution in [1.29, 1.82) is 0 Å². The zero-order chi connectivity index (χ0) is 14.5. The van der Waals surface area contributed by atoms with E-state index in [1.807, 2.05) is 12.1 Å². The van der Waals surface area contributed by atoms with Gasteiger partial charge >= 0.3 is 0 Å². The van der Waals surface area contributed by atoms with Crippen LogP contribution in [-0.2, 0) is 0 Å². The number of nitrogens with one attached hydrogen (secondary N) is 1. The molecule has 2 aromatic heterocycles. The monoisotopic (exact) mass is 286 g/mol. The number of furan rings is 1. The maximum atomic E-state index is 5.67. The summed E-state index contributed by atoms with van der Waals surface area (Å²) in [5, 5.41) is 4.85. The van der Waals surface area contributed by atoms with Gasteiger partial charge in [0.05, 0.1) is 28.8 Å². The van der Waals surface area contributed by atoms with Gasteiger partial charge in [-0.05, 0) is 36.4 Å². The fourth-order valence-corrected chi connectivity index (χ4v) is 3.35. The van der Waals surface area contributed by atoms with E-state index in [1.165, 1.54) is 22.3 Å². The first-order valence-electron chi connectivity index (χ1n) is 7.41. The van der Waals surface area contributed by atoms with Crippen LogP contribution in [0.5, 0.6) is 0 Å². The van der Waals surface area contributed by atoms with Crippen molar-refractivity contribution < 1.29 is 4.42 Å². The largest absolute Gasteiger partial charge is 0.467 e. The molecule has 0 radical (unpaired) electrons. The number of nitrogens with zero attached hydrogens (tertiary/aromatic N) is 1. The number of benzene rings is 2. The van der Waals surface area contributed by atoms with Gasteiger partial charge in [0.1, 0.15) is 11.8 Å². The normalized spacial score (nSPS) is 16.1. The number of hydrogen-bond acceptors (Lipinski definition) is 2. The van der Waals surface area contributed by atoms with Crippen molar-refractivity contribution in [3.8, 4) is 5.69 Å². The highest BCUT2D eigenvalue weighted by Gasteiger charge is 2.28. The van der Waals surface area contributed by atoms with Crippen molar-refractivity contribution >= 4 is 16.6 Å². The summed E-state index contributed by atoms with van der Waals surface area (Å²) in [6, 6.07) is 23.1. The molecule has 0 spiro atoms. The molecule has 3 heteroatoms. The van der Waals surface area contributed by atoms with Crippen molar-refractivity contribution in [2.75, 3.05) is 5.32 Å². The molecule has 106 valence electrons. The zero-order valence-electron chi connectivity index (χ0n) is 11.9. The Bertz CT molecular complexity index is 966. The van der Waals surface area contributed by atoms with Crippen LogP contribution < -0.4 is 5.32 Å². The fraction of sp³-hybridized carbons (Fsp3) is 0.0526. The van der Waals surface area contributed by atoms with Crippen molar-refractivity contribution in [3.05, 3.63) is 84.4 Å². The van der Waals surface area contributed by atoms with Crippen molar-refractivity contribution in [1.82, 2.24) is 4.57 Å². The Labute approximate surface area is 127 Å². The van der Waals surface area contributed by atoms with E-state index in [0.29, 0.717) is 0 Å². The first-order chi connectivity index (χ1) is 10.9. The highest BCUT2D eigenvalue weighted by molar-refractivity contribution is 5.86. The van der Waals surface area contributed by atoms with E-state index in [2.05, 4.69) is 64.5 Å². The number of anilines is 1. The number of hydrogen-bond donors (Lipinski definition) is 1. The Kier molecular flexibility index (Phi) is 2.27. The van der Waals surface area contributed by atoms with Gasteiger partial charge in [-0.15, -0.1) is 0 Å². The lowest BCUT2D eigenvalue weighted by Crippen LogP contribution is -2.21. The molecule has 0 aliphatic carbocycles. The fourth-order valence-electron chi connectivity index (χ4n) is 3.35. The molecule has 1 atom stereocenters. The van der Waals surface area contributed by atoms with Gasteiger partial charge in [-0.25, -0.2) is 0 Å². The minimum Gasteiger partial charge on any atom is -0.467 e. The third-order valence-electron chi connectivity index (χ3n) is 4.31. The first-order valence-corrected chi connectivity index (χ1v) is 7.41. The molecule has 1 aliphatic heterocycles. The molecular formula is C19H14N2O. The lowest BCUT2D eigenvalue weighted by molar-refractivity contribution is 0.493. The van der Waals surface area contributed by atoms with Crippen LogP contribution in [0.25, 0.3) is 16.6 Å². The van der Waals surface area contributed by atoms with Crippen LogP contribution in [0.3, 0.4) is 0 Å². The van der Waals surface area contributed by atoms with Gasteiger partial charge in [0.25, 0.3) is 0 Å². The quantitative estimate of drug-likeness (QED) is 0.548. The van der Waals surface area contributed by atoms with Gasteiger partial charge in [0, 0.05) is 5.39 Å². The van der Waals surface area contributed by atoms with Crippen molar-refractivity contribution in [2.45, 2.75) is 6.04 Å². The summed E-state index contributed by atoms with van der Waals surface area (Å²) in [5.41, 5.74) is 4.73. The molecule has 0 fully saturated rings. The lowest BCUT2D eigenvalue weighted by atomic mass is 10.1. The molecular weight excluding hydrogens is 272 g/mol. The van der Waals surface area contributed by atoms with Crippen LogP contribution in [-0.4, -0.2) is 4.57 Å². The molecule has 4 aromatic rings. The third kappa shape index (κ3) is 1.51. The number of para-hydroxylation sites is 3. The van der Waals surface area contributed by atoms with Gasteiger partial charge in [-0.2, -0.15) is 0 Å². The van der Waals surface area contributed by atoms with Crippen LogP contribution in [0.2, 0.25) is 0 Å². The van der Waals surface area contributed by atoms with Crippen molar-refractivity contribution in [3.63, 3.8) is 0 Å². The molecule has 0 amide bonds. The van der Waals surface area contributed by atoms with Crippen LogP contribution in [0.15, 0.2) is 77.4 Å². The molecule has 0 bridgehead atoms. The van der Waals surface area contributed by atoms with E-state index in [9.17, 15) is 0 Å². The van der Waals surface area contributed by atoms with Crippen LogP contribution in [0.1, 0.15) is 17.5 Å². The van der Waals surface area contributed by atoms with E-state index >= 15 is 0 Å². The van der Waals surface area contributed by atoms with Crippen LogP contribution >= 0.6 is 0 Å². The summed E-state index contributed by atoms with van der Waals surface area (Å²) in [7, 11) is 0. The van der Waals surface area contributed by atoms with Gasteiger partial charge in [0.2, 0.25) is 0 Å². The van der Waals surface area contributed by atoms with E-state index in [-0.39, 0.29) is 6.04 Å². The average molecular weight is 286 g/mol. The molecule has 0 saturated carbocycles. The number of rotatable bonds is 1. The van der Waals surface area contributed by atoms with Gasteiger partial charge < -0.3 is 14.3 Å². The van der Waals surface area contributed by atoms with Crippen LogP contribution in [0.4, 0.5) is 5.69 Å². The Morgan fingerprint density at radius 1 is 0.909 bits per heavy atom. The summed E-state index contributed by atoms with van der Waals surface area (Å²) < 4.78 is 7.99. The van der Waals surface area contributed by atoms with E-state index in [4.69, 9.17) is 4.42 Å². The Balaban J connectivity index is 1.87. The standard InChI is InChI=1S/C19H14N2O/c1-3-8-15-13(6-1)12-17-19(18-10-5-11-22-18)20-14-7-2-4-9-16(14)21(15)17/h1-12,19-20H/t19-/m0/s1. The van der Waals surface area contributed by atoms with Gasteiger partial charge in [-0.1, -0.05) is 30.3 Å². The SMILES string of the molecule is c1coc([C@H]2Nc3ccccc3-n3c2cc2ccccc23)c1. The van der Waals surface area contributed by atoms with Gasteiger partial charge in [-0.3, -0.25) is 0 Å². The molecule has 1 aliphatic rings. The molecule has 3 heterocycles. The molecule has 2 aromatic carbocycles. The summed E-state index contributed by atoms with van der Waals surface area (Å²) >= 11 is 0. The minimum atomic E-state index is 0.0253. The molecule has 0 saturated heterocycles. The predicted molar refractivity (Wildman–Crippen MR) is 87.4 cm³/mol. The molecule has 3 nitrogen and oxygen atoms in total. The smallest absolute Gasteiger partial charge is 0.132 e. The van der Waals surface area contributed by atoms with E-state index in [0.717, 1.165) is 11.4 Å². The van der Waals surface area contributed by atoms with Gasteiger partial charge in [0.15, 0.2) is 0 Å². The minimum absolute atomic E-state index is 0.0253. The second-order valence-corrected chi connectivity index (χ2v) is 5.57. The van der Waals surface area contributed by atoms with Crippen molar-refractivity contribution in [2.24, 2.45) is 0 Å². The lowest BCUT2D eigenvalue weighted by Gasteiger charge is -2.28. The highest BCUT2D eigenvalue weighted by Crippen LogP contribution is 2.40. The maximum absolute atomic E-state index is 5.67. The second kappa shape index (κ2) is 4.28. The Hall–Kier alpha value is -2.94. The molecule has 22 heavy (non-hydrogen) atoms. The molecule has 1 N–H and O–H groups in total. The summed E-state index contributed by atoms with van der Waals surface area (Å²) in [6.07, 6.45) is 1.73. The summed E-state index contributed by atoms with van der Waals surface area (Å²) in [6.45, 7) is 0. The zero-order valence-corrected chi connectivity index (χ0v) is 11.9. The number of fused-ring (bicyclic) bond motifs is 5. The average Bonchev–Trinajstić information content (AvgIpc) is 3.22. The van der Waals surface area contributed by atoms with E-state index in [1.54, 1.807) is 6.26 Å². The maximum Gasteiger partial charge on any atom is 0.132 e. The summed E-state index contributed by atoms with van der Waals surface area (Å²) in [4.78, 5) is 0. The van der Waals surface area contributed by atoms with E-state index < -0.39 is 0 Å². The summed E-state index contributed by atoms with van der Waals surface area (Å²) in [5.74, 6) is 0.929. The molecule has 0 unspecified atom stereocenters. The Morgan fingerprint density at radius 3 is 2.68 bits per heavy atom. The molecule has 5 rings (SSSR count). The highest BCUT2D eigenvalue weighted by atomic mass is 16.3.